The molecular formula is C40H45N7O. The molecule has 0 aliphatic carbocycles. The summed E-state index contributed by atoms with van der Waals surface area (Å²) in [5.74, 6) is 1.98. The minimum absolute atomic E-state index is 0.0629. The van der Waals surface area contributed by atoms with E-state index in [-0.39, 0.29) is 11.3 Å². The molecule has 1 aliphatic heterocycles. The number of amides is 1. The zero-order chi connectivity index (χ0) is 33.7. The van der Waals surface area contributed by atoms with Crippen molar-refractivity contribution in [1.29, 1.82) is 5.26 Å². The molecule has 2 aromatic heterocycles. The van der Waals surface area contributed by atoms with E-state index in [4.69, 9.17) is 10.2 Å². The molecule has 0 unspecified atom stereocenters. The molecular weight excluding hydrogens is 594 g/mol. The first-order valence-electron chi connectivity index (χ1n) is 16.9. The molecule has 8 heteroatoms. The van der Waals surface area contributed by atoms with Gasteiger partial charge in [0.15, 0.2) is 0 Å². The minimum atomic E-state index is 0.0629. The molecule has 246 valence electrons. The van der Waals surface area contributed by atoms with E-state index in [1.165, 1.54) is 11.1 Å². The number of hydrogen-bond donors (Lipinski definition) is 1. The fourth-order valence-electron chi connectivity index (χ4n) is 6.42. The van der Waals surface area contributed by atoms with Gasteiger partial charge in [0.1, 0.15) is 11.6 Å². The number of nitriles is 1. The molecule has 0 spiro atoms. The van der Waals surface area contributed by atoms with Crippen LogP contribution in [0, 0.1) is 11.3 Å². The molecule has 1 N–H and O–H groups in total. The van der Waals surface area contributed by atoms with Crippen molar-refractivity contribution in [1.82, 2.24) is 19.4 Å². The summed E-state index contributed by atoms with van der Waals surface area (Å²) in [5, 5.41) is 12.7. The van der Waals surface area contributed by atoms with Crippen molar-refractivity contribution in [2.45, 2.75) is 64.5 Å². The molecule has 1 fully saturated rings. The van der Waals surface area contributed by atoms with Gasteiger partial charge in [-0.2, -0.15) is 5.26 Å². The standard InChI is InChI=1S/C40H45N7O/c1-40(2,3)32-15-12-31(13-16-32)27-47(39(48)28-46-23-20-33(21-24-46)43-37-7-5-6-22-42-37)34-17-18-36-35(25-34)44-38(45(36)4)19-14-29-8-10-30(26-41)11-9-29/h5-13,15-18,22,25,33H,14,19-21,23-24,27-28H2,1-4H3,(H,42,43). The Bertz CT molecular complexity index is 1880. The fourth-order valence-corrected chi connectivity index (χ4v) is 6.42. The van der Waals surface area contributed by atoms with Crippen LogP contribution in [0.25, 0.3) is 11.0 Å². The predicted octanol–water partition coefficient (Wildman–Crippen LogP) is 7.03. The van der Waals surface area contributed by atoms with Gasteiger partial charge in [0.25, 0.3) is 0 Å². The first-order chi connectivity index (χ1) is 23.2. The van der Waals surface area contributed by atoms with Crippen molar-refractivity contribution in [3.8, 4) is 6.07 Å². The number of aromatic nitrogens is 3. The van der Waals surface area contributed by atoms with Gasteiger partial charge in [0.2, 0.25) is 5.91 Å². The Labute approximate surface area is 284 Å². The summed E-state index contributed by atoms with van der Waals surface area (Å²) in [6, 6.07) is 31.0. The van der Waals surface area contributed by atoms with Gasteiger partial charge >= 0.3 is 0 Å². The number of hydrogen-bond acceptors (Lipinski definition) is 6. The summed E-state index contributed by atoms with van der Waals surface area (Å²) in [6.45, 7) is 9.21. The SMILES string of the molecule is Cn1c(CCc2ccc(C#N)cc2)nc2cc(N(Cc3ccc(C(C)(C)C)cc3)C(=O)CN3CCC(Nc4ccccn4)CC3)ccc21. The van der Waals surface area contributed by atoms with Crippen LogP contribution in [-0.2, 0) is 36.6 Å². The predicted molar refractivity (Wildman–Crippen MR) is 193 cm³/mol. The molecule has 8 nitrogen and oxygen atoms in total. The third kappa shape index (κ3) is 7.92. The van der Waals surface area contributed by atoms with Gasteiger partial charge in [-0.1, -0.05) is 63.2 Å². The topological polar surface area (TPSA) is 90.1 Å². The van der Waals surface area contributed by atoms with Crippen LogP contribution >= 0.6 is 0 Å². The van der Waals surface area contributed by atoms with Crippen molar-refractivity contribution in [2.75, 3.05) is 29.9 Å². The number of carbonyl (C=O) groups excluding carboxylic acids is 1. The van der Waals surface area contributed by atoms with Crippen molar-refractivity contribution in [2.24, 2.45) is 7.05 Å². The summed E-state index contributed by atoms with van der Waals surface area (Å²) < 4.78 is 2.14. The smallest absolute Gasteiger partial charge is 0.241 e. The lowest BCUT2D eigenvalue weighted by Gasteiger charge is -2.33. The number of aryl methyl sites for hydroxylation is 3. The Morgan fingerprint density at radius 2 is 1.69 bits per heavy atom. The third-order valence-electron chi connectivity index (χ3n) is 9.41. The summed E-state index contributed by atoms with van der Waals surface area (Å²) in [7, 11) is 2.05. The number of rotatable bonds is 10. The summed E-state index contributed by atoms with van der Waals surface area (Å²) in [5.41, 5.74) is 7.05. The molecule has 0 bridgehead atoms. The summed E-state index contributed by atoms with van der Waals surface area (Å²) in [6.07, 6.45) is 5.34. The van der Waals surface area contributed by atoms with Crippen LogP contribution in [0.5, 0.6) is 0 Å². The number of likely N-dealkylation sites (tertiary alicyclic amines) is 1. The van der Waals surface area contributed by atoms with Gasteiger partial charge in [-0.25, -0.2) is 9.97 Å². The Kier molecular flexibility index (Phi) is 9.88. The lowest BCUT2D eigenvalue weighted by Crippen LogP contribution is -2.45. The van der Waals surface area contributed by atoms with Gasteiger partial charge in [-0.15, -0.1) is 0 Å². The number of benzene rings is 3. The summed E-state index contributed by atoms with van der Waals surface area (Å²) >= 11 is 0. The van der Waals surface area contributed by atoms with Crippen LogP contribution in [0.2, 0.25) is 0 Å². The molecule has 1 aliphatic rings. The quantitative estimate of drug-likeness (QED) is 0.177. The number of nitrogens with zero attached hydrogens (tertiary/aromatic N) is 6. The molecule has 3 aromatic carbocycles. The van der Waals surface area contributed by atoms with Gasteiger partial charge in [-0.3, -0.25) is 9.69 Å². The van der Waals surface area contributed by atoms with Gasteiger partial charge < -0.3 is 14.8 Å². The number of nitrogens with one attached hydrogen (secondary N) is 1. The van der Waals surface area contributed by atoms with Crippen LogP contribution < -0.4 is 10.2 Å². The van der Waals surface area contributed by atoms with Gasteiger partial charge in [-0.05, 0) is 83.8 Å². The largest absolute Gasteiger partial charge is 0.367 e. The van der Waals surface area contributed by atoms with E-state index in [0.717, 1.165) is 72.7 Å². The van der Waals surface area contributed by atoms with Crippen LogP contribution in [0.4, 0.5) is 11.5 Å². The first-order valence-corrected chi connectivity index (χ1v) is 16.9. The first kappa shape index (κ1) is 32.9. The highest BCUT2D eigenvalue weighted by Gasteiger charge is 2.25. The fraction of sp³-hybridized carbons (Fsp3) is 0.350. The molecule has 1 saturated heterocycles. The van der Waals surface area contributed by atoms with E-state index in [1.54, 1.807) is 0 Å². The molecule has 0 atom stereocenters. The number of pyridine rings is 1. The van der Waals surface area contributed by atoms with Crippen molar-refractivity contribution >= 4 is 28.4 Å². The van der Waals surface area contributed by atoms with Crippen molar-refractivity contribution < 1.29 is 4.79 Å². The molecule has 1 amide bonds. The van der Waals surface area contributed by atoms with Crippen LogP contribution in [0.1, 0.15) is 61.7 Å². The normalized spacial score (nSPS) is 14.1. The lowest BCUT2D eigenvalue weighted by molar-refractivity contribution is -0.120. The number of piperidine rings is 1. The maximum atomic E-state index is 14.1. The Hall–Kier alpha value is -5.00. The van der Waals surface area contributed by atoms with Crippen LogP contribution in [0.3, 0.4) is 0 Å². The Morgan fingerprint density at radius 1 is 0.958 bits per heavy atom. The van der Waals surface area contributed by atoms with E-state index in [9.17, 15) is 4.79 Å². The maximum absolute atomic E-state index is 14.1. The van der Waals surface area contributed by atoms with Gasteiger partial charge in [0.05, 0.1) is 35.8 Å². The number of fused-ring (bicyclic) bond motifs is 1. The Morgan fingerprint density at radius 3 is 2.35 bits per heavy atom. The highest BCUT2D eigenvalue weighted by molar-refractivity contribution is 5.96. The highest BCUT2D eigenvalue weighted by atomic mass is 16.2. The zero-order valence-corrected chi connectivity index (χ0v) is 28.5. The highest BCUT2D eigenvalue weighted by Crippen LogP contribution is 2.27. The van der Waals surface area contributed by atoms with Crippen molar-refractivity contribution in [3.05, 3.63) is 119 Å². The van der Waals surface area contributed by atoms with Crippen LogP contribution in [-0.4, -0.2) is 51.0 Å². The molecule has 3 heterocycles. The second-order valence-corrected chi connectivity index (χ2v) is 13.9. The average molecular weight is 640 g/mol. The third-order valence-corrected chi connectivity index (χ3v) is 9.41. The summed E-state index contributed by atoms with van der Waals surface area (Å²) in [4.78, 5) is 27.8. The van der Waals surface area contributed by atoms with E-state index in [1.807, 2.05) is 53.6 Å². The minimum Gasteiger partial charge on any atom is -0.367 e. The van der Waals surface area contributed by atoms with E-state index >= 15 is 0 Å². The molecule has 48 heavy (non-hydrogen) atoms. The van der Waals surface area contributed by atoms with Crippen molar-refractivity contribution in [3.63, 3.8) is 0 Å². The number of carbonyl (C=O) groups is 1. The lowest BCUT2D eigenvalue weighted by atomic mass is 9.87. The van der Waals surface area contributed by atoms with E-state index in [0.29, 0.717) is 24.7 Å². The second-order valence-electron chi connectivity index (χ2n) is 13.9. The molecule has 5 aromatic rings. The maximum Gasteiger partial charge on any atom is 0.241 e. The second kappa shape index (κ2) is 14.4. The number of imidazole rings is 1. The Balaban J connectivity index is 1.19. The van der Waals surface area contributed by atoms with Gasteiger partial charge in [0, 0.05) is 44.5 Å². The average Bonchev–Trinajstić information content (AvgIpc) is 3.41. The molecule has 0 radical (unpaired) electrons. The zero-order valence-electron chi connectivity index (χ0n) is 28.5. The van der Waals surface area contributed by atoms with E-state index in [2.05, 4.69) is 96.1 Å². The molecule has 6 rings (SSSR count). The monoisotopic (exact) mass is 639 g/mol. The number of anilines is 2. The van der Waals surface area contributed by atoms with E-state index < -0.39 is 0 Å². The van der Waals surface area contributed by atoms with Crippen LogP contribution in [0.15, 0.2) is 91.1 Å². The molecule has 0 saturated carbocycles.